The Morgan fingerprint density at radius 3 is 2.50 bits per heavy atom. The molecule has 0 bridgehead atoms. The van der Waals surface area contributed by atoms with E-state index < -0.39 is 6.09 Å². The van der Waals surface area contributed by atoms with E-state index in [1.54, 1.807) is 0 Å². The second-order valence-electron chi connectivity index (χ2n) is 3.52. The van der Waals surface area contributed by atoms with Gasteiger partial charge in [0.05, 0.1) is 0 Å². The highest BCUT2D eigenvalue weighted by atomic mass is 16.4. The molecule has 0 aromatic rings. The van der Waals surface area contributed by atoms with Crippen LogP contribution in [0.15, 0.2) is 0 Å². The molecule has 4 nitrogen and oxygen atoms in total. The standard InChI is InChI=1S/C8H16N2O2/c1-5-3-4-7(9)6(2)10(5)8(11)12/h5-7H,3-4,9H2,1-2H3,(H,11,12). The number of nitrogens with two attached hydrogens (primary N) is 1. The average Bonchev–Trinajstić information content (AvgIpc) is 1.97. The largest absolute Gasteiger partial charge is 0.465 e. The summed E-state index contributed by atoms with van der Waals surface area (Å²) in [5.41, 5.74) is 5.76. The number of carbonyl (C=O) groups is 1. The lowest BCUT2D eigenvalue weighted by atomic mass is 9.94. The number of nitrogens with zero attached hydrogens (tertiary/aromatic N) is 1. The molecule has 1 fully saturated rings. The van der Waals surface area contributed by atoms with E-state index in [2.05, 4.69) is 0 Å². The van der Waals surface area contributed by atoms with Gasteiger partial charge in [0, 0.05) is 18.1 Å². The average molecular weight is 172 g/mol. The van der Waals surface area contributed by atoms with Crippen molar-refractivity contribution in [1.29, 1.82) is 0 Å². The van der Waals surface area contributed by atoms with Gasteiger partial charge in [-0.05, 0) is 26.7 Å². The van der Waals surface area contributed by atoms with Gasteiger partial charge < -0.3 is 15.7 Å². The molecule has 1 rings (SSSR count). The van der Waals surface area contributed by atoms with Crippen LogP contribution in [0.4, 0.5) is 4.79 Å². The van der Waals surface area contributed by atoms with E-state index in [4.69, 9.17) is 10.8 Å². The second-order valence-corrected chi connectivity index (χ2v) is 3.52. The summed E-state index contributed by atoms with van der Waals surface area (Å²) in [6.45, 7) is 3.80. The second kappa shape index (κ2) is 3.31. The van der Waals surface area contributed by atoms with Gasteiger partial charge in [0.1, 0.15) is 0 Å². The molecule has 0 aliphatic carbocycles. The zero-order valence-electron chi connectivity index (χ0n) is 7.53. The number of hydrogen-bond donors (Lipinski definition) is 2. The monoisotopic (exact) mass is 172 g/mol. The van der Waals surface area contributed by atoms with Gasteiger partial charge in [0.2, 0.25) is 0 Å². The molecule has 0 aromatic carbocycles. The maximum absolute atomic E-state index is 10.8. The zero-order valence-corrected chi connectivity index (χ0v) is 7.53. The Kier molecular flexibility index (Phi) is 2.57. The Morgan fingerprint density at radius 2 is 2.08 bits per heavy atom. The third-order valence-corrected chi connectivity index (χ3v) is 2.67. The highest BCUT2D eigenvalue weighted by Crippen LogP contribution is 2.21. The molecule has 1 aliphatic heterocycles. The number of likely N-dealkylation sites (tertiary alicyclic amines) is 1. The first-order valence-electron chi connectivity index (χ1n) is 4.31. The summed E-state index contributed by atoms with van der Waals surface area (Å²) in [6.07, 6.45) is 0.939. The summed E-state index contributed by atoms with van der Waals surface area (Å²) in [4.78, 5) is 12.2. The SMILES string of the molecule is CC1CCC(N)C(C)N1C(=O)O. The van der Waals surface area contributed by atoms with Crippen molar-refractivity contribution in [2.45, 2.75) is 44.8 Å². The molecule has 3 atom stereocenters. The van der Waals surface area contributed by atoms with Crippen LogP contribution in [-0.4, -0.2) is 34.2 Å². The Balaban J connectivity index is 2.71. The minimum Gasteiger partial charge on any atom is -0.465 e. The number of piperidine rings is 1. The van der Waals surface area contributed by atoms with Crippen LogP contribution in [0.1, 0.15) is 26.7 Å². The van der Waals surface area contributed by atoms with E-state index in [1.807, 2.05) is 13.8 Å². The summed E-state index contributed by atoms with van der Waals surface area (Å²) in [5.74, 6) is 0. The van der Waals surface area contributed by atoms with Gasteiger partial charge >= 0.3 is 6.09 Å². The minimum atomic E-state index is -0.856. The van der Waals surface area contributed by atoms with Crippen molar-refractivity contribution in [3.8, 4) is 0 Å². The predicted octanol–water partition coefficient (Wildman–Crippen LogP) is 0.864. The maximum atomic E-state index is 10.8. The Labute approximate surface area is 72.3 Å². The lowest BCUT2D eigenvalue weighted by molar-refractivity contribution is 0.0745. The van der Waals surface area contributed by atoms with Crippen LogP contribution in [0.5, 0.6) is 0 Å². The van der Waals surface area contributed by atoms with Crippen molar-refractivity contribution in [2.75, 3.05) is 0 Å². The smallest absolute Gasteiger partial charge is 0.407 e. The first-order valence-corrected chi connectivity index (χ1v) is 4.31. The number of amides is 1. The summed E-state index contributed by atoms with van der Waals surface area (Å²) in [5, 5.41) is 8.87. The van der Waals surface area contributed by atoms with E-state index in [9.17, 15) is 4.79 Å². The van der Waals surface area contributed by atoms with Gasteiger partial charge in [-0.15, -0.1) is 0 Å². The van der Waals surface area contributed by atoms with Crippen molar-refractivity contribution >= 4 is 6.09 Å². The molecule has 4 heteroatoms. The summed E-state index contributed by atoms with van der Waals surface area (Å²) in [6, 6.07) is 0.0563. The Hall–Kier alpha value is -0.770. The molecule has 70 valence electrons. The highest BCUT2D eigenvalue weighted by Gasteiger charge is 2.33. The van der Waals surface area contributed by atoms with Gasteiger partial charge in [-0.25, -0.2) is 4.79 Å². The molecule has 3 N–H and O–H groups in total. The third kappa shape index (κ3) is 1.53. The summed E-state index contributed by atoms with van der Waals surface area (Å²) >= 11 is 0. The Morgan fingerprint density at radius 1 is 1.50 bits per heavy atom. The normalized spacial score (nSPS) is 36.6. The zero-order chi connectivity index (χ0) is 9.30. The van der Waals surface area contributed by atoms with Crippen LogP contribution in [0, 0.1) is 0 Å². The van der Waals surface area contributed by atoms with Crippen LogP contribution in [-0.2, 0) is 0 Å². The van der Waals surface area contributed by atoms with Crippen molar-refractivity contribution < 1.29 is 9.90 Å². The fourth-order valence-corrected chi connectivity index (χ4v) is 1.78. The third-order valence-electron chi connectivity index (χ3n) is 2.67. The van der Waals surface area contributed by atoms with Crippen molar-refractivity contribution in [3.63, 3.8) is 0 Å². The van der Waals surface area contributed by atoms with E-state index >= 15 is 0 Å². The highest BCUT2D eigenvalue weighted by molar-refractivity contribution is 5.66. The van der Waals surface area contributed by atoms with E-state index in [-0.39, 0.29) is 18.1 Å². The van der Waals surface area contributed by atoms with Crippen molar-refractivity contribution in [3.05, 3.63) is 0 Å². The number of hydrogen-bond acceptors (Lipinski definition) is 2. The van der Waals surface area contributed by atoms with Crippen LogP contribution in [0.25, 0.3) is 0 Å². The van der Waals surface area contributed by atoms with Crippen LogP contribution in [0.3, 0.4) is 0 Å². The molecule has 0 aromatic heterocycles. The van der Waals surface area contributed by atoms with E-state index in [0.29, 0.717) is 0 Å². The van der Waals surface area contributed by atoms with Gasteiger partial charge in [0.25, 0.3) is 0 Å². The molecule has 1 amide bonds. The molecule has 12 heavy (non-hydrogen) atoms. The van der Waals surface area contributed by atoms with Gasteiger partial charge in [0.15, 0.2) is 0 Å². The molecular formula is C8H16N2O2. The van der Waals surface area contributed by atoms with E-state index in [1.165, 1.54) is 4.90 Å². The molecule has 1 aliphatic rings. The molecule has 3 unspecified atom stereocenters. The quantitative estimate of drug-likeness (QED) is 0.569. The molecule has 0 saturated carbocycles. The van der Waals surface area contributed by atoms with Crippen molar-refractivity contribution in [2.24, 2.45) is 5.73 Å². The lowest BCUT2D eigenvalue weighted by Gasteiger charge is -2.40. The van der Waals surface area contributed by atoms with Gasteiger partial charge in [-0.3, -0.25) is 0 Å². The van der Waals surface area contributed by atoms with E-state index in [0.717, 1.165) is 12.8 Å². The molecular weight excluding hydrogens is 156 g/mol. The topological polar surface area (TPSA) is 66.6 Å². The molecule has 0 radical (unpaired) electrons. The lowest BCUT2D eigenvalue weighted by Crippen LogP contribution is -2.56. The fraction of sp³-hybridized carbons (Fsp3) is 0.875. The molecule has 1 heterocycles. The van der Waals surface area contributed by atoms with Gasteiger partial charge in [-0.1, -0.05) is 0 Å². The van der Waals surface area contributed by atoms with Crippen molar-refractivity contribution in [1.82, 2.24) is 4.90 Å². The number of carboxylic acid groups (broad SMARTS) is 1. The first kappa shape index (κ1) is 9.32. The maximum Gasteiger partial charge on any atom is 0.407 e. The summed E-state index contributed by atoms with van der Waals surface area (Å²) in [7, 11) is 0. The van der Waals surface area contributed by atoms with Crippen LogP contribution in [0.2, 0.25) is 0 Å². The first-order chi connectivity index (χ1) is 5.54. The van der Waals surface area contributed by atoms with Gasteiger partial charge in [-0.2, -0.15) is 0 Å². The van der Waals surface area contributed by atoms with Crippen LogP contribution >= 0.6 is 0 Å². The number of rotatable bonds is 0. The Bertz CT molecular complexity index is 184. The fourth-order valence-electron chi connectivity index (χ4n) is 1.78. The van der Waals surface area contributed by atoms with Crippen LogP contribution < -0.4 is 5.73 Å². The minimum absolute atomic E-state index is 0.00250. The predicted molar refractivity (Wildman–Crippen MR) is 46.0 cm³/mol. The summed E-state index contributed by atoms with van der Waals surface area (Å²) < 4.78 is 0. The molecule has 1 saturated heterocycles. The molecule has 0 spiro atoms.